The van der Waals surface area contributed by atoms with Crippen molar-refractivity contribution in [2.24, 2.45) is 5.92 Å². The molecule has 0 aliphatic carbocycles. The lowest BCUT2D eigenvalue weighted by atomic mass is 9.85. The minimum Gasteiger partial charge on any atom is -0.479 e. The number of nitrogens with zero attached hydrogens (tertiary/aromatic N) is 1. The lowest BCUT2D eigenvalue weighted by Gasteiger charge is -2.30. The van der Waals surface area contributed by atoms with E-state index in [1.54, 1.807) is 0 Å². The average molecular weight is 427 g/mol. The quantitative estimate of drug-likeness (QED) is 0.361. The number of aliphatic hydroxyl groups is 1. The highest BCUT2D eigenvalue weighted by Gasteiger charge is 2.44. The number of carboxylic acid groups (broad SMARTS) is 1. The van der Waals surface area contributed by atoms with Crippen molar-refractivity contribution in [3.8, 4) is 0 Å². The summed E-state index contributed by atoms with van der Waals surface area (Å²) in [6.07, 6.45) is 0.749. The zero-order chi connectivity index (χ0) is 20.7. The highest BCUT2D eigenvalue weighted by molar-refractivity contribution is 7.99. The molecular formula is C22H22NO4PS. The van der Waals surface area contributed by atoms with E-state index >= 15 is 0 Å². The first-order chi connectivity index (χ1) is 14.0. The first-order valence-electron chi connectivity index (χ1n) is 9.30. The standard InChI is InChI=1S/C22H22NO4PS/c24-21(25)22(26,15-28-27)18(12-10-16-6-2-1-3-7-16)14-29-20-13-11-17-8-4-5-9-19(17)23-20/h1-9,11,13,18,26H,10,12,14-15H2,(H,24,25). The number of fused-ring (bicyclic) bond motifs is 1. The number of benzene rings is 2. The van der Waals surface area contributed by atoms with Crippen molar-refractivity contribution in [3.05, 3.63) is 72.3 Å². The third-order valence-corrected chi connectivity index (χ3v) is 6.68. The summed E-state index contributed by atoms with van der Waals surface area (Å²) in [6, 6.07) is 21.4. The number of para-hydroxylation sites is 1. The number of thioether (sulfide) groups is 1. The van der Waals surface area contributed by atoms with E-state index in [1.807, 2.05) is 66.7 Å². The predicted molar refractivity (Wildman–Crippen MR) is 116 cm³/mol. The van der Waals surface area contributed by atoms with Gasteiger partial charge in [0.1, 0.15) is 0 Å². The Balaban J connectivity index is 1.78. The Morgan fingerprint density at radius 1 is 1.07 bits per heavy atom. The zero-order valence-electron chi connectivity index (χ0n) is 15.8. The molecule has 1 aromatic heterocycles. The van der Waals surface area contributed by atoms with Crippen molar-refractivity contribution in [3.63, 3.8) is 0 Å². The monoisotopic (exact) mass is 427 g/mol. The Labute approximate surface area is 175 Å². The number of pyridine rings is 1. The van der Waals surface area contributed by atoms with Gasteiger partial charge in [-0.25, -0.2) is 9.78 Å². The number of aromatic nitrogens is 1. The molecule has 0 bridgehead atoms. The summed E-state index contributed by atoms with van der Waals surface area (Å²) in [7, 11) is -0.389. The lowest BCUT2D eigenvalue weighted by Crippen LogP contribution is -2.49. The Morgan fingerprint density at radius 2 is 1.79 bits per heavy atom. The van der Waals surface area contributed by atoms with Crippen LogP contribution in [-0.2, 0) is 15.8 Å². The number of carboxylic acids is 1. The Morgan fingerprint density at radius 3 is 2.52 bits per heavy atom. The first kappa shape index (κ1) is 21.4. The molecule has 0 spiro atoms. The molecule has 0 amide bonds. The molecule has 5 nitrogen and oxygen atoms in total. The summed E-state index contributed by atoms with van der Waals surface area (Å²) in [4.78, 5) is 16.4. The van der Waals surface area contributed by atoms with Crippen LogP contribution in [0.2, 0.25) is 0 Å². The molecule has 0 saturated heterocycles. The number of hydrogen-bond acceptors (Lipinski definition) is 5. The van der Waals surface area contributed by atoms with Crippen LogP contribution in [0.1, 0.15) is 12.0 Å². The van der Waals surface area contributed by atoms with Gasteiger partial charge in [0, 0.05) is 17.1 Å². The van der Waals surface area contributed by atoms with Crippen molar-refractivity contribution < 1.29 is 19.6 Å². The summed E-state index contributed by atoms with van der Waals surface area (Å²) in [5.41, 5.74) is -0.120. The highest BCUT2D eigenvalue weighted by atomic mass is 32.2. The summed E-state index contributed by atoms with van der Waals surface area (Å²) in [6.45, 7) is 0. The highest BCUT2D eigenvalue weighted by Crippen LogP contribution is 2.32. The van der Waals surface area contributed by atoms with E-state index in [9.17, 15) is 19.6 Å². The van der Waals surface area contributed by atoms with Crippen LogP contribution in [0.4, 0.5) is 0 Å². The van der Waals surface area contributed by atoms with Gasteiger partial charge in [-0.3, -0.25) is 4.57 Å². The van der Waals surface area contributed by atoms with Gasteiger partial charge in [0.15, 0.2) is 14.1 Å². The Bertz CT molecular complexity index is 985. The van der Waals surface area contributed by atoms with Crippen LogP contribution in [0.15, 0.2) is 71.8 Å². The summed E-state index contributed by atoms with van der Waals surface area (Å²) in [5.74, 6) is -1.57. The fraction of sp³-hybridized carbons (Fsp3) is 0.273. The maximum atomic E-state index is 11.8. The number of hydrogen-bond donors (Lipinski definition) is 2. The van der Waals surface area contributed by atoms with Gasteiger partial charge < -0.3 is 10.2 Å². The van der Waals surface area contributed by atoms with Crippen molar-refractivity contribution in [2.45, 2.75) is 23.5 Å². The van der Waals surface area contributed by atoms with Gasteiger partial charge in [-0.15, -0.1) is 11.8 Å². The van der Waals surface area contributed by atoms with Crippen LogP contribution in [0.5, 0.6) is 0 Å². The van der Waals surface area contributed by atoms with Crippen LogP contribution >= 0.6 is 20.2 Å². The van der Waals surface area contributed by atoms with Crippen LogP contribution in [-0.4, -0.2) is 38.7 Å². The van der Waals surface area contributed by atoms with Crippen molar-refractivity contribution in [2.75, 3.05) is 11.9 Å². The molecule has 2 atom stereocenters. The van der Waals surface area contributed by atoms with E-state index < -0.39 is 17.5 Å². The SMILES string of the molecule is O=PCC(O)(C(=O)O)C(CCc1ccccc1)CSc1ccc2ccccc2n1. The summed E-state index contributed by atoms with van der Waals surface area (Å²) in [5, 5.41) is 22.3. The third kappa shape index (κ3) is 5.41. The molecule has 0 aliphatic rings. The minimum absolute atomic E-state index is 0.340. The van der Waals surface area contributed by atoms with Crippen LogP contribution in [0.3, 0.4) is 0 Å². The maximum Gasteiger partial charge on any atom is 0.336 e. The number of aryl methyl sites for hydroxylation is 1. The molecule has 7 heteroatoms. The molecule has 0 fully saturated rings. The Hall–Kier alpha value is -2.27. The number of rotatable bonds is 10. The van der Waals surface area contributed by atoms with E-state index in [1.165, 1.54) is 11.8 Å². The zero-order valence-corrected chi connectivity index (χ0v) is 17.5. The van der Waals surface area contributed by atoms with Gasteiger partial charge in [0.05, 0.1) is 16.7 Å². The normalized spacial score (nSPS) is 14.5. The molecule has 150 valence electrons. The molecule has 2 aromatic carbocycles. The Kier molecular flexibility index (Phi) is 7.37. The molecule has 0 aliphatic heterocycles. The molecule has 3 aromatic rings. The van der Waals surface area contributed by atoms with Gasteiger partial charge in [-0.1, -0.05) is 54.6 Å². The molecule has 3 rings (SSSR count). The number of carbonyl (C=O) groups is 1. The maximum absolute atomic E-state index is 11.8. The van der Waals surface area contributed by atoms with Gasteiger partial charge in [0.25, 0.3) is 0 Å². The van der Waals surface area contributed by atoms with E-state index in [0.29, 0.717) is 18.6 Å². The van der Waals surface area contributed by atoms with Crippen molar-refractivity contribution in [1.82, 2.24) is 4.98 Å². The molecule has 0 radical (unpaired) electrons. The molecule has 2 N–H and O–H groups in total. The van der Waals surface area contributed by atoms with Crippen molar-refractivity contribution >= 4 is 37.1 Å². The van der Waals surface area contributed by atoms with Gasteiger partial charge in [-0.2, -0.15) is 0 Å². The average Bonchev–Trinajstić information content (AvgIpc) is 2.74. The van der Waals surface area contributed by atoms with Crippen LogP contribution < -0.4 is 0 Å². The number of aliphatic carboxylic acids is 1. The van der Waals surface area contributed by atoms with Gasteiger partial charge in [0.2, 0.25) is 0 Å². The van der Waals surface area contributed by atoms with Crippen LogP contribution in [0.25, 0.3) is 10.9 Å². The minimum atomic E-state index is -2.05. The fourth-order valence-electron chi connectivity index (χ4n) is 3.23. The molecule has 2 unspecified atom stereocenters. The van der Waals surface area contributed by atoms with Crippen molar-refractivity contribution in [1.29, 1.82) is 0 Å². The molecule has 0 saturated carbocycles. The second-order valence-electron chi connectivity index (χ2n) is 6.89. The van der Waals surface area contributed by atoms with Crippen LogP contribution in [0, 0.1) is 5.92 Å². The van der Waals surface area contributed by atoms with Gasteiger partial charge >= 0.3 is 5.97 Å². The largest absolute Gasteiger partial charge is 0.479 e. The fourth-order valence-corrected chi connectivity index (χ4v) is 4.96. The van der Waals surface area contributed by atoms with E-state index in [4.69, 9.17) is 0 Å². The summed E-state index contributed by atoms with van der Waals surface area (Å²) < 4.78 is 11.2. The first-order valence-corrected chi connectivity index (χ1v) is 11.3. The lowest BCUT2D eigenvalue weighted by molar-refractivity contribution is -0.161. The predicted octanol–water partition coefficient (Wildman–Crippen LogP) is 4.68. The topological polar surface area (TPSA) is 87.5 Å². The molecule has 1 heterocycles. The third-order valence-electron chi connectivity index (χ3n) is 4.98. The van der Waals surface area contributed by atoms with E-state index in [2.05, 4.69) is 4.98 Å². The van der Waals surface area contributed by atoms with E-state index in [-0.39, 0.29) is 14.6 Å². The molecule has 29 heavy (non-hydrogen) atoms. The molecular weight excluding hydrogens is 405 g/mol. The second kappa shape index (κ2) is 9.97. The smallest absolute Gasteiger partial charge is 0.336 e. The summed E-state index contributed by atoms with van der Waals surface area (Å²) >= 11 is 1.41. The second-order valence-corrected chi connectivity index (χ2v) is 8.51. The van der Waals surface area contributed by atoms with Gasteiger partial charge in [-0.05, 0) is 30.5 Å². The van der Waals surface area contributed by atoms with E-state index in [0.717, 1.165) is 21.5 Å².